The monoisotopic (exact) mass is 316 g/mol. The van der Waals surface area contributed by atoms with Crippen LogP contribution in [0.1, 0.15) is 25.6 Å². The third-order valence-corrected chi connectivity index (χ3v) is 3.29. The fourth-order valence-corrected chi connectivity index (χ4v) is 2.09. The van der Waals surface area contributed by atoms with Crippen molar-refractivity contribution in [3.8, 4) is 0 Å². The summed E-state index contributed by atoms with van der Waals surface area (Å²) in [5, 5.41) is 11.0. The van der Waals surface area contributed by atoms with E-state index in [0.29, 0.717) is 17.4 Å². The van der Waals surface area contributed by atoms with E-state index in [9.17, 15) is 22.8 Å². The van der Waals surface area contributed by atoms with Gasteiger partial charge in [0.1, 0.15) is 4.88 Å². The van der Waals surface area contributed by atoms with Gasteiger partial charge in [-0.15, -0.1) is 0 Å². The number of carbonyl (C=O) groups excluding carboxylic acids is 1. The van der Waals surface area contributed by atoms with Crippen LogP contribution in [0.5, 0.6) is 0 Å². The molecule has 0 aliphatic heterocycles. The fourth-order valence-electron chi connectivity index (χ4n) is 1.44. The molecule has 110 valence electrons. The number of nitrogens with zero attached hydrogens (tertiary/aromatic N) is 1. The smallest absolute Gasteiger partial charge is 0.416 e. The van der Waals surface area contributed by atoms with Crippen molar-refractivity contribution < 1.29 is 27.9 Å². The largest absolute Gasteiger partial charge is 0.477 e. The highest BCUT2D eigenvalue weighted by Crippen LogP contribution is 2.29. The van der Waals surface area contributed by atoms with Crippen LogP contribution in [0.3, 0.4) is 0 Å². The Morgan fingerprint density at radius 3 is 2.57 bits per heavy atom. The number of aromatic carboxylic acids is 1. The fraction of sp³-hybridized carbons (Fsp3) is 0.0833. The van der Waals surface area contributed by atoms with Gasteiger partial charge in [0.25, 0.3) is 5.91 Å². The van der Waals surface area contributed by atoms with Gasteiger partial charge in [-0.05, 0) is 18.2 Å². The van der Waals surface area contributed by atoms with E-state index in [1.807, 2.05) is 0 Å². The average Bonchev–Trinajstić information content (AvgIpc) is 2.86. The maximum absolute atomic E-state index is 12.5. The molecule has 0 aliphatic carbocycles. The zero-order valence-corrected chi connectivity index (χ0v) is 11.0. The highest BCUT2D eigenvalue weighted by atomic mass is 32.1. The minimum Gasteiger partial charge on any atom is -0.477 e. The summed E-state index contributed by atoms with van der Waals surface area (Å²) in [7, 11) is 0. The lowest BCUT2D eigenvalue weighted by Crippen LogP contribution is -2.13. The minimum atomic E-state index is -4.55. The van der Waals surface area contributed by atoms with E-state index in [2.05, 4.69) is 10.3 Å². The standard InChI is InChI=1S/C12H7F3N2O3S/c13-12(14,15)7-3-1-2-6(4-7)9(18)17-11-16-5-8(21-11)10(19)20/h1-5H,(H,19,20)(H,16,17,18). The van der Waals surface area contributed by atoms with Crippen molar-refractivity contribution in [3.05, 3.63) is 46.5 Å². The lowest BCUT2D eigenvalue weighted by Gasteiger charge is -2.08. The first-order valence-electron chi connectivity index (χ1n) is 5.45. The molecule has 2 N–H and O–H groups in total. The molecule has 0 radical (unpaired) electrons. The molecule has 2 rings (SSSR count). The number of halogens is 3. The predicted octanol–water partition coefficient (Wildman–Crippen LogP) is 3.11. The van der Waals surface area contributed by atoms with Crippen molar-refractivity contribution in [3.63, 3.8) is 0 Å². The predicted molar refractivity (Wildman–Crippen MR) is 68.5 cm³/mol. The van der Waals surface area contributed by atoms with Crippen molar-refractivity contribution in [2.24, 2.45) is 0 Å². The van der Waals surface area contributed by atoms with E-state index in [4.69, 9.17) is 5.11 Å². The number of anilines is 1. The van der Waals surface area contributed by atoms with Gasteiger partial charge in [-0.2, -0.15) is 13.2 Å². The molecule has 21 heavy (non-hydrogen) atoms. The van der Waals surface area contributed by atoms with E-state index in [1.165, 1.54) is 6.07 Å². The zero-order chi connectivity index (χ0) is 15.6. The maximum Gasteiger partial charge on any atom is 0.416 e. The van der Waals surface area contributed by atoms with E-state index in [1.54, 1.807) is 0 Å². The van der Waals surface area contributed by atoms with Crippen molar-refractivity contribution in [1.82, 2.24) is 4.98 Å². The maximum atomic E-state index is 12.5. The second-order valence-corrected chi connectivity index (χ2v) is 4.90. The summed E-state index contributed by atoms with van der Waals surface area (Å²) in [5.74, 6) is -2.00. The molecule has 0 atom stereocenters. The Labute approximate surface area is 120 Å². The van der Waals surface area contributed by atoms with Crippen LogP contribution in [0.15, 0.2) is 30.5 Å². The van der Waals surface area contributed by atoms with Gasteiger partial charge in [0.05, 0.1) is 11.8 Å². The number of carboxylic acids is 1. The van der Waals surface area contributed by atoms with Crippen molar-refractivity contribution >= 4 is 28.3 Å². The summed E-state index contributed by atoms with van der Waals surface area (Å²) in [4.78, 5) is 26.0. The quantitative estimate of drug-likeness (QED) is 0.912. The number of amides is 1. The van der Waals surface area contributed by atoms with Gasteiger partial charge in [-0.3, -0.25) is 10.1 Å². The van der Waals surface area contributed by atoms with Gasteiger partial charge in [0, 0.05) is 5.56 Å². The number of carbonyl (C=O) groups is 2. The number of thiazole rings is 1. The van der Waals surface area contributed by atoms with Crippen LogP contribution in [0, 0.1) is 0 Å². The SMILES string of the molecule is O=C(Nc1ncc(C(=O)O)s1)c1cccc(C(F)(F)F)c1. The number of aromatic nitrogens is 1. The topological polar surface area (TPSA) is 79.3 Å². The third kappa shape index (κ3) is 3.57. The molecule has 1 aromatic heterocycles. The number of alkyl halides is 3. The van der Waals surface area contributed by atoms with Gasteiger partial charge in [0.15, 0.2) is 5.13 Å². The second-order valence-electron chi connectivity index (χ2n) is 3.87. The van der Waals surface area contributed by atoms with Gasteiger partial charge in [-0.1, -0.05) is 17.4 Å². The molecule has 1 heterocycles. The first-order chi connectivity index (χ1) is 9.77. The van der Waals surface area contributed by atoms with Crippen LogP contribution in [0.25, 0.3) is 0 Å². The molecule has 0 bridgehead atoms. The average molecular weight is 316 g/mol. The van der Waals surface area contributed by atoms with Crippen molar-refractivity contribution in [1.29, 1.82) is 0 Å². The first kappa shape index (κ1) is 15.0. The van der Waals surface area contributed by atoms with Gasteiger partial charge in [-0.25, -0.2) is 9.78 Å². The van der Waals surface area contributed by atoms with Gasteiger partial charge in [0.2, 0.25) is 0 Å². The Hall–Kier alpha value is -2.42. The normalized spacial score (nSPS) is 11.2. The zero-order valence-electron chi connectivity index (χ0n) is 10.1. The van der Waals surface area contributed by atoms with E-state index >= 15 is 0 Å². The lowest BCUT2D eigenvalue weighted by molar-refractivity contribution is -0.137. The molecular weight excluding hydrogens is 309 g/mol. The summed E-state index contributed by atoms with van der Waals surface area (Å²) < 4.78 is 37.6. The third-order valence-electron chi connectivity index (χ3n) is 2.39. The number of benzene rings is 1. The van der Waals surface area contributed by atoms with Crippen LogP contribution in [-0.2, 0) is 6.18 Å². The molecule has 1 amide bonds. The number of hydrogen-bond donors (Lipinski definition) is 2. The Balaban J connectivity index is 2.18. The molecule has 0 spiro atoms. The highest BCUT2D eigenvalue weighted by Gasteiger charge is 2.30. The number of hydrogen-bond acceptors (Lipinski definition) is 4. The highest BCUT2D eigenvalue weighted by molar-refractivity contribution is 7.17. The number of rotatable bonds is 3. The molecule has 0 fully saturated rings. The molecule has 5 nitrogen and oxygen atoms in total. The van der Waals surface area contributed by atoms with Crippen LogP contribution < -0.4 is 5.32 Å². The molecule has 2 aromatic rings. The van der Waals surface area contributed by atoms with Crippen molar-refractivity contribution in [2.75, 3.05) is 5.32 Å². The molecular formula is C12H7F3N2O3S. The summed E-state index contributed by atoms with van der Waals surface area (Å²) in [6.45, 7) is 0. The Morgan fingerprint density at radius 1 is 1.29 bits per heavy atom. The van der Waals surface area contributed by atoms with E-state index < -0.39 is 23.6 Å². The number of carboxylic acid groups (broad SMARTS) is 1. The molecule has 0 aliphatic rings. The van der Waals surface area contributed by atoms with Crippen molar-refractivity contribution in [2.45, 2.75) is 6.18 Å². The van der Waals surface area contributed by atoms with Crippen LogP contribution in [0.4, 0.5) is 18.3 Å². The summed E-state index contributed by atoms with van der Waals surface area (Å²) in [6.07, 6.45) is -3.50. The second kappa shape index (κ2) is 5.52. The van der Waals surface area contributed by atoms with Crippen LogP contribution in [0.2, 0.25) is 0 Å². The first-order valence-corrected chi connectivity index (χ1v) is 6.27. The minimum absolute atomic E-state index is 0.00480. The summed E-state index contributed by atoms with van der Waals surface area (Å²) in [5.41, 5.74) is -1.14. The number of nitrogens with one attached hydrogen (secondary N) is 1. The molecule has 9 heteroatoms. The van der Waals surface area contributed by atoms with Gasteiger partial charge < -0.3 is 5.11 Å². The summed E-state index contributed by atoms with van der Waals surface area (Å²) in [6, 6.07) is 3.89. The van der Waals surface area contributed by atoms with Crippen LogP contribution >= 0.6 is 11.3 Å². The summed E-state index contributed by atoms with van der Waals surface area (Å²) >= 11 is 0.709. The van der Waals surface area contributed by atoms with Gasteiger partial charge >= 0.3 is 12.1 Å². The Morgan fingerprint density at radius 2 is 2.00 bits per heavy atom. The molecule has 0 unspecified atom stereocenters. The van der Waals surface area contributed by atoms with E-state index in [-0.39, 0.29) is 15.6 Å². The lowest BCUT2D eigenvalue weighted by atomic mass is 10.1. The van der Waals surface area contributed by atoms with E-state index in [0.717, 1.165) is 18.3 Å². The molecule has 0 saturated heterocycles. The Bertz CT molecular complexity index is 697. The molecule has 0 saturated carbocycles. The van der Waals surface area contributed by atoms with Crippen LogP contribution in [-0.4, -0.2) is 22.0 Å². The molecule has 1 aromatic carbocycles. The Kier molecular flexibility index (Phi) is 3.94.